The Bertz CT molecular complexity index is 762. The zero-order chi connectivity index (χ0) is 18.6. The Labute approximate surface area is 173 Å². The lowest BCUT2D eigenvalue weighted by Crippen LogP contribution is -2.56. The number of carbonyl (C=O) groups excluding carboxylic acids is 1. The Morgan fingerprint density at radius 3 is 2.32 bits per heavy atom. The Hall–Kier alpha value is -0.990. The van der Waals surface area contributed by atoms with Gasteiger partial charge in [0.2, 0.25) is 3.79 Å². The van der Waals surface area contributed by atoms with Gasteiger partial charge in [-0.1, -0.05) is 52.5 Å². The van der Waals surface area contributed by atoms with E-state index in [0.717, 1.165) is 11.3 Å². The van der Waals surface area contributed by atoms with Crippen molar-refractivity contribution in [3.63, 3.8) is 0 Å². The summed E-state index contributed by atoms with van der Waals surface area (Å²) in [6.07, 6.45) is -1.08. The molecule has 0 unspecified atom stereocenters. The van der Waals surface area contributed by atoms with Crippen molar-refractivity contribution < 1.29 is 9.21 Å². The first-order valence-electron chi connectivity index (χ1n) is 6.92. The fourth-order valence-electron chi connectivity index (χ4n) is 1.77. The number of thiocarbonyl (C=S) groups is 1. The number of amides is 1. The summed E-state index contributed by atoms with van der Waals surface area (Å²) in [7, 11) is 0. The van der Waals surface area contributed by atoms with Gasteiger partial charge in [0.15, 0.2) is 15.5 Å². The largest absolute Gasteiger partial charge is 0.444 e. The van der Waals surface area contributed by atoms with Crippen LogP contribution >= 0.6 is 63.0 Å². The number of benzene rings is 1. The van der Waals surface area contributed by atoms with E-state index < -0.39 is 15.9 Å². The third-order valence-corrected chi connectivity index (χ3v) is 4.29. The van der Waals surface area contributed by atoms with Crippen molar-refractivity contribution in [3.8, 4) is 0 Å². The fourth-order valence-corrected chi connectivity index (χ4v) is 2.64. The Kier molecular flexibility index (Phi) is 6.99. The molecule has 1 amide bonds. The summed E-state index contributed by atoms with van der Waals surface area (Å²) >= 11 is 26.1. The minimum atomic E-state index is -1.85. The molecule has 1 heterocycles. The molecule has 0 saturated heterocycles. The molecule has 0 aliphatic rings. The highest BCUT2D eigenvalue weighted by Crippen LogP contribution is 2.29. The molecule has 0 bridgehead atoms. The molecular formula is C15H13BrCl3N3O2S. The van der Waals surface area contributed by atoms with Crippen LogP contribution in [0, 0.1) is 6.92 Å². The van der Waals surface area contributed by atoms with E-state index >= 15 is 0 Å². The zero-order valence-corrected chi connectivity index (χ0v) is 17.4. The topological polar surface area (TPSA) is 66.3 Å². The molecule has 1 aromatic heterocycles. The van der Waals surface area contributed by atoms with E-state index in [0.29, 0.717) is 4.67 Å². The molecular weight excluding hydrogens is 473 g/mol. The second-order valence-electron chi connectivity index (χ2n) is 5.02. The molecule has 0 fully saturated rings. The second-order valence-corrected chi connectivity index (χ2v) is 8.58. The molecule has 5 nitrogen and oxygen atoms in total. The molecule has 1 aromatic carbocycles. The van der Waals surface area contributed by atoms with Gasteiger partial charge in [-0.15, -0.1) is 0 Å². The number of hydrogen-bond donors (Lipinski definition) is 3. The molecule has 1 atom stereocenters. The predicted molar refractivity (Wildman–Crippen MR) is 108 cm³/mol. The van der Waals surface area contributed by atoms with Crippen molar-refractivity contribution >= 4 is 79.7 Å². The van der Waals surface area contributed by atoms with Gasteiger partial charge in [-0.3, -0.25) is 4.79 Å². The summed E-state index contributed by atoms with van der Waals surface area (Å²) in [5.74, 6) is -0.502. The van der Waals surface area contributed by atoms with Gasteiger partial charge in [0.25, 0.3) is 5.91 Å². The van der Waals surface area contributed by atoms with E-state index in [9.17, 15) is 4.79 Å². The maximum Gasteiger partial charge on any atom is 0.288 e. The maximum absolute atomic E-state index is 12.2. The highest BCUT2D eigenvalue weighted by molar-refractivity contribution is 9.10. The average molecular weight is 486 g/mol. The van der Waals surface area contributed by atoms with Gasteiger partial charge in [0, 0.05) is 5.69 Å². The highest BCUT2D eigenvalue weighted by Gasteiger charge is 2.35. The van der Waals surface area contributed by atoms with E-state index in [2.05, 4.69) is 31.9 Å². The van der Waals surface area contributed by atoms with Gasteiger partial charge >= 0.3 is 0 Å². The standard InChI is InChI=1S/C15H13BrCl3N3O2S/c1-8-2-4-9(5-3-8)20-14(25)22-13(15(17,18)19)21-12(23)10-6-7-11(16)24-10/h2-7,13H,1H3,(H,21,23)(H2,20,22,25)/t13-/m1/s1. The number of aryl methyl sites for hydroxylation is 1. The molecule has 0 aliphatic carbocycles. The minimum absolute atomic E-state index is 0.0605. The first kappa shape index (κ1) is 20.3. The SMILES string of the molecule is Cc1ccc(NC(=S)N[C@@H](NC(=O)c2ccc(Br)o2)C(Cl)(Cl)Cl)cc1. The van der Waals surface area contributed by atoms with Crippen molar-refractivity contribution in [1.82, 2.24) is 10.6 Å². The van der Waals surface area contributed by atoms with Crippen LogP contribution in [0.15, 0.2) is 45.5 Å². The Morgan fingerprint density at radius 2 is 1.80 bits per heavy atom. The summed E-state index contributed by atoms with van der Waals surface area (Å²) in [6, 6.07) is 10.6. The number of furan rings is 1. The molecule has 2 aromatic rings. The van der Waals surface area contributed by atoms with Crippen LogP contribution in [0.2, 0.25) is 0 Å². The summed E-state index contributed by atoms with van der Waals surface area (Å²) < 4.78 is 3.73. The van der Waals surface area contributed by atoms with Gasteiger partial charge in [0.1, 0.15) is 6.17 Å². The number of hydrogen-bond acceptors (Lipinski definition) is 3. The van der Waals surface area contributed by atoms with E-state index in [1.165, 1.54) is 6.07 Å². The lowest BCUT2D eigenvalue weighted by molar-refractivity contribution is 0.0905. The quantitative estimate of drug-likeness (QED) is 0.331. The van der Waals surface area contributed by atoms with Crippen LogP contribution in [0.5, 0.6) is 0 Å². The van der Waals surface area contributed by atoms with Crippen LogP contribution in [0.3, 0.4) is 0 Å². The van der Waals surface area contributed by atoms with E-state index in [1.807, 2.05) is 31.2 Å². The molecule has 3 N–H and O–H groups in total. The van der Waals surface area contributed by atoms with Crippen LogP contribution in [0.1, 0.15) is 16.1 Å². The highest BCUT2D eigenvalue weighted by atomic mass is 79.9. The van der Waals surface area contributed by atoms with Crippen LogP contribution in [0.4, 0.5) is 5.69 Å². The Morgan fingerprint density at radius 1 is 1.16 bits per heavy atom. The lowest BCUT2D eigenvalue weighted by atomic mass is 10.2. The first-order chi connectivity index (χ1) is 11.6. The maximum atomic E-state index is 12.2. The molecule has 0 saturated carbocycles. The average Bonchev–Trinajstić information content (AvgIpc) is 2.94. The van der Waals surface area contributed by atoms with E-state index in [-0.39, 0.29) is 10.9 Å². The second kappa shape index (κ2) is 8.60. The van der Waals surface area contributed by atoms with Crippen LogP contribution in [-0.2, 0) is 0 Å². The van der Waals surface area contributed by atoms with Crippen LogP contribution in [-0.4, -0.2) is 21.0 Å². The summed E-state index contributed by atoms with van der Waals surface area (Å²) in [5.41, 5.74) is 1.87. The normalized spacial score (nSPS) is 12.4. The lowest BCUT2D eigenvalue weighted by Gasteiger charge is -2.27. The zero-order valence-electron chi connectivity index (χ0n) is 12.8. The van der Waals surface area contributed by atoms with Crippen LogP contribution < -0.4 is 16.0 Å². The van der Waals surface area contributed by atoms with E-state index in [1.54, 1.807) is 6.07 Å². The molecule has 0 aliphatic heterocycles. The molecule has 134 valence electrons. The first-order valence-corrected chi connectivity index (χ1v) is 9.26. The van der Waals surface area contributed by atoms with Gasteiger partial charge < -0.3 is 20.4 Å². The number of carbonyl (C=O) groups is 1. The van der Waals surface area contributed by atoms with Crippen molar-refractivity contribution in [2.45, 2.75) is 16.9 Å². The molecule has 0 radical (unpaired) electrons. The summed E-state index contributed by atoms with van der Waals surface area (Å²) in [6.45, 7) is 1.97. The number of halogens is 4. The van der Waals surface area contributed by atoms with E-state index in [4.69, 9.17) is 51.4 Å². The van der Waals surface area contributed by atoms with Crippen molar-refractivity contribution in [2.75, 3.05) is 5.32 Å². The third-order valence-electron chi connectivity index (χ3n) is 2.98. The van der Waals surface area contributed by atoms with Gasteiger partial charge in [-0.25, -0.2) is 0 Å². The van der Waals surface area contributed by atoms with Crippen molar-refractivity contribution in [1.29, 1.82) is 0 Å². The molecule has 25 heavy (non-hydrogen) atoms. The monoisotopic (exact) mass is 483 g/mol. The number of anilines is 1. The number of rotatable bonds is 4. The predicted octanol–water partition coefficient (Wildman–Crippen LogP) is 4.76. The van der Waals surface area contributed by atoms with Gasteiger partial charge in [-0.2, -0.15) is 0 Å². The van der Waals surface area contributed by atoms with Crippen molar-refractivity contribution in [2.24, 2.45) is 0 Å². The molecule has 2 rings (SSSR count). The number of alkyl halides is 3. The number of nitrogens with one attached hydrogen (secondary N) is 3. The third kappa shape index (κ3) is 6.34. The smallest absolute Gasteiger partial charge is 0.288 e. The van der Waals surface area contributed by atoms with Crippen molar-refractivity contribution in [3.05, 3.63) is 52.4 Å². The Balaban J connectivity index is 2.03. The van der Waals surface area contributed by atoms with Gasteiger partial charge in [-0.05, 0) is 59.3 Å². The molecule has 0 spiro atoms. The van der Waals surface area contributed by atoms with Crippen LogP contribution in [0.25, 0.3) is 0 Å². The fraction of sp³-hybridized carbons (Fsp3) is 0.200. The summed E-state index contributed by atoms with van der Waals surface area (Å²) in [5, 5.41) is 8.42. The molecule has 10 heteroatoms. The minimum Gasteiger partial charge on any atom is -0.444 e. The van der Waals surface area contributed by atoms with Gasteiger partial charge in [0.05, 0.1) is 0 Å². The summed E-state index contributed by atoms with van der Waals surface area (Å²) in [4.78, 5) is 12.2.